The Morgan fingerprint density at radius 3 is 2.57 bits per heavy atom. The van der Waals surface area contributed by atoms with Crippen LogP contribution in [-0.2, 0) is 16.1 Å². The number of halogens is 2. The number of benzene rings is 1. The second-order valence-electron chi connectivity index (χ2n) is 6.91. The maximum Gasteiger partial charge on any atom is 0.256 e. The number of anilines is 1. The molecule has 2 aromatic heterocycles. The SMILES string of the molecule is COC1(C(=O)Nc2ccc(OCc3cn4ccccc4n3)cc2)CCNCC1.Cl.Cl. The van der Waals surface area contributed by atoms with Gasteiger partial charge in [-0.2, -0.15) is 0 Å². The monoisotopic (exact) mass is 452 g/mol. The molecule has 1 fully saturated rings. The van der Waals surface area contributed by atoms with Crippen molar-refractivity contribution in [3.05, 3.63) is 60.6 Å². The summed E-state index contributed by atoms with van der Waals surface area (Å²) in [7, 11) is 1.60. The molecule has 7 nitrogen and oxygen atoms in total. The number of carbonyl (C=O) groups is 1. The van der Waals surface area contributed by atoms with Crippen LogP contribution in [0.3, 0.4) is 0 Å². The normalized spacial score (nSPS) is 15.0. The van der Waals surface area contributed by atoms with Crippen molar-refractivity contribution in [2.75, 3.05) is 25.5 Å². The topological polar surface area (TPSA) is 76.9 Å². The summed E-state index contributed by atoms with van der Waals surface area (Å²) >= 11 is 0. The van der Waals surface area contributed by atoms with Gasteiger partial charge in [0.2, 0.25) is 0 Å². The van der Waals surface area contributed by atoms with Crippen LogP contribution in [0.1, 0.15) is 18.5 Å². The minimum Gasteiger partial charge on any atom is -0.487 e. The van der Waals surface area contributed by atoms with Crippen LogP contribution in [0.2, 0.25) is 0 Å². The van der Waals surface area contributed by atoms with Crippen molar-refractivity contribution in [3.63, 3.8) is 0 Å². The number of hydrogen-bond acceptors (Lipinski definition) is 5. The molecule has 0 aliphatic carbocycles. The molecule has 2 N–H and O–H groups in total. The number of carbonyl (C=O) groups excluding carboxylic acids is 1. The zero-order chi connectivity index (χ0) is 19.4. The van der Waals surface area contributed by atoms with E-state index < -0.39 is 5.60 Å². The highest BCUT2D eigenvalue weighted by Gasteiger charge is 2.39. The number of piperidine rings is 1. The molecule has 0 spiro atoms. The largest absolute Gasteiger partial charge is 0.487 e. The molecule has 30 heavy (non-hydrogen) atoms. The predicted octanol–water partition coefficient (Wildman–Crippen LogP) is 3.46. The molecule has 3 heterocycles. The van der Waals surface area contributed by atoms with Gasteiger partial charge in [0.1, 0.15) is 23.6 Å². The summed E-state index contributed by atoms with van der Waals surface area (Å²) in [5, 5.41) is 6.21. The number of nitrogens with one attached hydrogen (secondary N) is 2. The van der Waals surface area contributed by atoms with Gasteiger partial charge in [0.15, 0.2) is 0 Å². The van der Waals surface area contributed by atoms with Crippen molar-refractivity contribution in [1.82, 2.24) is 14.7 Å². The summed E-state index contributed by atoms with van der Waals surface area (Å²) in [5.41, 5.74) is 1.71. The Balaban J connectivity index is 0.00000160. The first kappa shape index (κ1) is 24.0. The maximum atomic E-state index is 12.7. The van der Waals surface area contributed by atoms with Crippen LogP contribution >= 0.6 is 24.8 Å². The molecule has 1 aliphatic heterocycles. The zero-order valence-corrected chi connectivity index (χ0v) is 18.3. The van der Waals surface area contributed by atoms with Crippen molar-refractivity contribution in [2.24, 2.45) is 0 Å². The van der Waals surface area contributed by atoms with E-state index in [0.717, 1.165) is 35.9 Å². The lowest BCUT2D eigenvalue weighted by Crippen LogP contribution is -2.51. The van der Waals surface area contributed by atoms with Gasteiger partial charge in [-0.3, -0.25) is 4.79 Å². The Hall–Kier alpha value is -2.32. The molecule has 1 amide bonds. The van der Waals surface area contributed by atoms with Crippen LogP contribution in [0, 0.1) is 0 Å². The number of nitrogens with zero attached hydrogens (tertiary/aromatic N) is 2. The van der Waals surface area contributed by atoms with Crippen LogP contribution in [-0.4, -0.2) is 41.1 Å². The van der Waals surface area contributed by atoms with E-state index in [9.17, 15) is 4.79 Å². The second kappa shape index (κ2) is 10.6. The summed E-state index contributed by atoms with van der Waals surface area (Å²) < 4.78 is 13.3. The number of methoxy groups -OCH3 is 1. The van der Waals surface area contributed by atoms with Crippen molar-refractivity contribution in [2.45, 2.75) is 25.0 Å². The second-order valence-corrected chi connectivity index (χ2v) is 6.91. The minimum absolute atomic E-state index is 0. The number of amides is 1. The lowest BCUT2D eigenvalue weighted by atomic mass is 9.91. The van der Waals surface area contributed by atoms with Gasteiger partial charge in [-0.15, -0.1) is 24.8 Å². The van der Waals surface area contributed by atoms with Gasteiger partial charge in [0, 0.05) is 25.2 Å². The third kappa shape index (κ3) is 5.23. The van der Waals surface area contributed by atoms with Crippen molar-refractivity contribution >= 4 is 42.1 Å². The van der Waals surface area contributed by atoms with E-state index in [-0.39, 0.29) is 30.7 Å². The van der Waals surface area contributed by atoms with Gasteiger partial charge >= 0.3 is 0 Å². The van der Waals surface area contributed by atoms with Gasteiger partial charge in [0.25, 0.3) is 5.91 Å². The Bertz CT molecular complexity index is 923. The fourth-order valence-electron chi connectivity index (χ4n) is 3.45. The molecular weight excluding hydrogens is 427 g/mol. The average Bonchev–Trinajstić information content (AvgIpc) is 3.17. The number of pyridine rings is 1. The fourth-order valence-corrected chi connectivity index (χ4v) is 3.45. The van der Waals surface area contributed by atoms with E-state index in [2.05, 4.69) is 15.6 Å². The number of imidazole rings is 1. The highest BCUT2D eigenvalue weighted by molar-refractivity contribution is 5.97. The molecule has 162 valence electrons. The molecule has 1 aromatic carbocycles. The van der Waals surface area contributed by atoms with Crippen LogP contribution < -0.4 is 15.4 Å². The summed E-state index contributed by atoms with van der Waals surface area (Å²) in [6.45, 7) is 1.93. The molecule has 0 bridgehead atoms. The molecule has 0 atom stereocenters. The molecule has 0 unspecified atom stereocenters. The number of hydrogen-bond donors (Lipinski definition) is 2. The first-order chi connectivity index (χ1) is 13.7. The first-order valence-electron chi connectivity index (χ1n) is 9.41. The quantitative estimate of drug-likeness (QED) is 0.598. The number of aromatic nitrogens is 2. The van der Waals surface area contributed by atoms with Crippen molar-refractivity contribution in [3.8, 4) is 5.75 Å². The molecule has 9 heteroatoms. The molecular formula is C21H26Cl2N4O3. The van der Waals surface area contributed by atoms with Gasteiger partial charge in [-0.05, 0) is 62.3 Å². The van der Waals surface area contributed by atoms with Crippen LogP contribution in [0.25, 0.3) is 5.65 Å². The Kier molecular flexibility index (Phi) is 8.49. The third-order valence-electron chi connectivity index (χ3n) is 5.13. The van der Waals surface area contributed by atoms with Gasteiger partial charge < -0.3 is 24.5 Å². The van der Waals surface area contributed by atoms with Gasteiger partial charge in [-0.25, -0.2) is 4.98 Å². The Labute approximate surface area is 188 Å². The fraction of sp³-hybridized carbons (Fsp3) is 0.333. The zero-order valence-electron chi connectivity index (χ0n) is 16.7. The molecule has 1 aliphatic rings. The van der Waals surface area contributed by atoms with Gasteiger partial charge in [-0.1, -0.05) is 6.07 Å². The van der Waals surface area contributed by atoms with E-state index in [1.165, 1.54) is 0 Å². The Morgan fingerprint density at radius 1 is 1.17 bits per heavy atom. The van der Waals surface area contributed by atoms with Crippen LogP contribution in [0.4, 0.5) is 5.69 Å². The Morgan fingerprint density at radius 2 is 1.90 bits per heavy atom. The predicted molar refractivity (Wildman–Crippen MR) is 121 cm³/mol. The standard InChI is InChI=1S/C21H24N4O3.2ClH/c1-27-21(9-11-22-12-10-21)20(26)24-16-5-7-18(8-6-16)28-15-17-14-25-13-3-2-4-19(25)23-17;;/h2-8,13-14,22H,9-12,15H2,1H3,(H,24,26);2*1H. The molecule has 0 saturated carbocycles. The number of ether oxygens (including phenoxy) is 2. The van der Waals surface area contributed by atoms with E-state index in [1.54, 1.807) is 7.11 Å². The molecule has 1 saturated heterocycles. The number of fused-ring (bicyclic) bond motifs is 1. The lowest BCUT2D eigenvalue weighted by Gasteiger charge is -2.34. The van der Waals surface area contributed by atoms with E-state index in [1.807, 2.05) is 59.3 Å². The highest BCUT2D eigenvalue weighted by atomic mass is 35.5. The summed E-state index contributed by atoms with van der Waals surface area (Å²) in [6, 6.07) is 13.2. The van der Waals surface area contributed by atoms with Crippen molar-refractivity contribution in [1.29, 1.82) is 0 Å². The number of rotatable bonds is 6. The third-order valence-corrected chi connectivity index (χ3v) is 5.13. The summed E-state index contributed by atoms with van der Waals surface area (Å²) in [6.07, 6.45) is 5.23. The van der Waals surface area contributed by atoms with E-state index in [4.69, 9.17) is 9.47 Å². The lowest BCUT2D eigenvalue weighted by molar-refractivity contribution is -0.140. The highest BCUT2D eigenvalue weighted by Crippen LogP contribution is 2.25. The van der Waals surface area contributed by atoms with Gasteiger partial charge in [0.05, 0.1) is 5.69 Å². The summed E-state index contributed by atoms with van der Waals surface area (Å²) in [4.78, 5) is 17.2. The smallest absolute Gasteiger partial charge is 0.256 e. The summed E-state index contributed by atoms with van der Waals surface area (Å²) in [5.74, 6) is 0.619. The first-order valence-corrected chi connectivity index (χ1v) is 9.41. The molecule has 3 aromatic rings. The van der Waals surface area contributed by atoms with E-state index in [0.29, 0.717) is 19.4 Å². The van der Waals surface area contributed by atoms with E-state index >= 15 is 0 Å². The van der Waals surface area contributed by atoms with Crippen molar-refractivity contribution < 1.29 is 14.3 Å². The van der Waals surface area contributed by atoms with Crippen LogP contribution in [0.5, 0.6) is 5.75 Å². The maximum absolute atomic E-state index is 12.7. The average molecular weight is 453 g/mol. The molecule has 4 rings (SSSR count). The molecule has 0 radical (unpaired) electrons. The van der Waals surface area contributed by atoms with Crippen LogP contribution in [0.15, 0.2) is 54.9 Å². The minimum atomic E-state index is -0.760.